The molecule has 1 aliphatic rings. The molecule has 0 radical (unpaired) electrons. The van der Waals surface area contributed by atoms with E-state index in [0.717, 1.165) is 29.1 Å². The van der Waals surface area contributed by atoms with Gasteiger partial charge in [-0.1, -0.05) is 12.1 Å². The second kappa shape index (κ2) is 10.9. The molecule has 1 saturated heterocycles. The summed E-state index contributed by atoms with van der Waals surface area (Å²) in [6.07, 6.45) is 0. The van der Waals surface area contributed by atoms with Crippen LogP contribution < -0.4 is 14.5 Å². The minimum Gasteiger partial charge on any atom is -0.378 e. The summed E-state index contributed by atoms with van der Waals surface area (Å²) in [7, 11) is -0.414. The second-order valence-electron chi connectivity index (χ2n) is 8.93. The molecule has 1 heterocycles. The summed E-state index contributed by atoms with van der Waals surface area (Å²) in [5, 5.41) is 0. The number of sulfonamides is 1. The van der Waals surface area contributed by atoms with Crippen LogP contribution in [0.5, 0.6) is 0 Å². The number of rotatable bonds is 8. The van der Waals surface area contributed by atoms with Crippen LogP contribution in [0.15, 0.2) is 71.6 Å². The van der Waals surface area contributed by atoms with E-state index in [1.807, 2.05) is 43.3 Å². The van der Waals surface area contributed by atoms with Crippen molar-refractivity contribution in [2.75, 3.05) is 56.6 Å². The maximum atomic E-state index is 14.2. The van der Waals surface area contributed by atoms with Crippen molar-refractivity contribution in [3.05, 3.63) is 89.7 Å². The first-order valence-corrected chi connectivity index (χ1v) is 13.1. The predicted octanol–water partition coefficient (Wildman–Crippen LogP) is 4.01. The zero-order chi connectivity index (χ0) is 25.9. The summed E-state index contributed by atoms with van der Waals surface area (Å²) in [6, 6.07) is 16.2. The van der Waals surface area contributed by atoms with Crippen LogP contribution in [0.2, 0.25) is 0 Å². The second-order valence-corrected chi connectivity index (χ2v) is 10.7. The number of benzene rings is 3. The van der Waals surface area contributed by atoms with Gasteiger partial charge in [-0.05, 0) is 60.2 Å². The molecule has 36 heavy (non-hydrogen) atoms. The Morgan fingerprint density at radius 3 is 2.08 bits per heavy atom. The molecule has 1 unspecified atom stereocenters. The molecule has 6 nitrogen and oxygen atoms in total. The van der Waals surface area contributed by atoms with E-state index in [0.29, 0.717) is 32.2 Å². The van der Waals surface area contributed by atoms with Gasteiger partial charge >= 0.3 is 0 Å². The van der Waals surface area contributed by atoms with Gasteiger partial charge in [0.2, 0.25) is 10.0 Å². The largest absolute Gasteiger partial charge is 0.378 e. The average Bonchev–Trinajstić information content (AvgIpc) is 2.86. The minimum absolute atomic E-state index is 0.0177. The van der Waals surface area contributed by atoms with Crippen molar-refractivity contribution in [3.63, 3.8) is 0 Å². The van der Waals surface area contributed by atoms with E-state index in [1.165, 1.54) is 12.1 Å². The topological polar surface area (TPSA) is 55.9 Å². The number of hydrogen-bond donors (Lipinski definition) is 1. The monoisotopic (exact) mass is 518 g/mol. The molecule has 1 atom stereocenters. The number of nitrogens with one attached hydrogen (secondary N) is 1. The van der Waals surface area contributed by atoms with E-state index in [4.69, 9.17) is 0 Å². The van der Waals surface area contributed by atoms with Crippen molar-refractivity contribution in [2.24, 2.45) is 0 Å². The summed E-state index contributed by atoms with van der Waals surface area (Å²) in [4.78, 5) is 5.56. The van der Waals surface area contributed by atoms with E-state index in [2.05, 4.69) is 14.5 Å². The number of anilines is 2. The lowest BCUT2D eigenvalue weighted by Gasteiger charge is -2.40. The quantitative estimate of drug-likeness (QED) is 0.489. The van der Waals surface area contributed by atoms with Crippen LogP contribution in [0, 0.1) is 17.5 Å². The standard InChI is InChI=1S/C26H29F3N4O2S/c1-31(2)22-8-3-19(4-9-22)25(18-30-36(34,35)26-17-21(28)7-12-24(26)29)33-15-13-32(14-16-33)23-10-5-20(27)6-11-23/h3-12,17,25,30H,13-16,18H2,1-2H3. The fraction of sp³-hybridized carbons (Fsp3) is 0.308. The van der Waals surface area contributed by atoms with E-state index in [-0.39, 0.29) is 18.4 Å². The molecule has 0 amide bonds. The Labute approximate surface area is 210 Å². The van der Waals surface area contributed by atoms with Gasteiger partial charge in [0, 0.05) is 64.2 Å². The predicted molar refractivity (Wildman–Crippen MR) is 135 cm³/mol. The number of hydrogen-bond acceptors (Lipinski definition) is 5. The zero-order valence-corrected chi connectivity index (χ0v) is 21.0. The van der Waals surface area contributed by atoms with E-state index >= 15 is 0 Å². The molecule has 1 fully saturated rings. The smallest absolute Gasteiger partial charge is 0.243 e. The van der Waals surface area contributed by atoms with Crippen LogP contribution in [0.25, 0.3) is 0 Å². The van der Waals surface area contributed by atoms with E-state index in [1.54, 1.807) is 12.1 Å². The highest BCUT2D eigenvalue weighted by atomic mass is 32.2. The summed E-state index contributed by atoms with van der Waals surface area (Å²) in [6.45, 7) is 2.59. The molecule has 3 aromatic carbocycles. The zero-order valence-electron chi connectivity index (χ0n) is 20.2. The number of nitrogens with zero attached hydrogens (tertiary/aromatic N) is 3. The van der Waals surface area contributed by atoms with Crippen molar-refractivity contribution in [2.45, 2.75) is 10.9 Å². The highest BCUT2D eigenvalue weighted by molar-refractivity contribution is 7.89. The maximum Gasteiger partial charge on any atom is 0.243 e. The maximum absolute atomic E-state index is 14.2. The van der Waals surface area contributed by atoms with Crippen LogP contribution in [-0.2, 0) is 10.0 Å². The first-order chi connectivity index (χ1) is 17.1. The molecule has 1 aliphatic heterocycles. The van der Waals surface area contributed by atoms with Crippen LogP contribution >= 0.6 is 0 Å². The van der Waals surface area contributed by atoms with Crippen LogP contribution in [0.4, 0.5) is 24.5 Å². The molecule has 1 N–H and O–H groups in total. The Balaban J connectivity index is 1.54. The molecule has 0 saturated carbocycles. The number of piperazine rings is 1. The van der Waals surface area contributed by atoms with Gasteiger partial charge < -0.3 is 9.80 Å². The van der Waals surface area contributed by atoms with Crippen molar-refractivity contribution >= 4 is 21.4 Å². The lowest BCUT2D eigenvalue weighted by atomic mass is 10.0. The summed E-state index contributed by atoms with van der Waals surface area (Å²) < 4.78 is 69.3. The van der Waals surface area contributed by atoms with Crippen molar-refractivity contribution in [1.29, 1.82) is 0 Å². The Hall–Kier alpha value is -3.08. The summed E-state index contributed by atoms with van der Waals surface area (Å²) in [5.74, 6) is -2.13. The molecular weight excluding hydrogens is 489 g/mol. The molecule has 10 heteroatoms. The SMILES string of the molecule is CN(C)c1ccc(C(CNS(=O)(=O)c2cc(F)ccc2F)N2CCN(c3ccc(F)cc3)CC2)cc1. The van der Waals surface area contributed by atoms with Crippen LogP contribution in [-0.4, -0.2) is 60.1 Å². The molecule has 3 aromatic rings. The molecule has 0 aromatic heterocycles. The van der Waals surface area contributed by atoms with Crippen molar-refractivity contribution in [1.82, 2.24) is 9.62 Å². The van der Waals surface area contributed by atoms with Gasteiger partial charge in [0.15, 0.2) is 0 Å². The lowest BCUT2D eigenvalue weighted by molar-refractivity contribution is 0.187. The van der Waals surface area contributed by atoms with Gasteiger partial charge in [-0.15, -0.1) is 0 Å². The normalized spacial score (nSPS) is 15.6. The Morgan fingerprint density at radius 1 is 0.861 bits per heavy atom. The average molecular weight is 519 g/mol. The first kappa shape index (κ1) is 26.0. The highest BCUT2D eigenvalue weighted by Crippen LogP contribution is 2.27. The molecule has 0 bridgehead atoms. The van der Waals surface area contributed by atoms with Gasteiger partial charge in [-0.25, -0.2) is 26.3 Å². The van der Waals surface area contributed by atoms with E-state index < -0.39 is 26.6 Å². The number of halogens is 3. The van der Waals surface area contributed by atoms with Gasteiger partial charge in [0.25, 0.3) is 0 Å². The molecule has 0 spiro atoms. The van der Waals surface area contributed by atoms with Crippen molar-refractivity contribution in [3.8, 4) is 0 Å². The third-order valence-electron chi connectivity index (χ3n) is 6.39. The summed E-state index contributed by atoms with van der Waals surface area (Å²) >= 11 is 0. The molecular formula is C26H29F3N4O2S. The summed E-state index contributed by atoms with van der Waals surface area (Å²) in [5.41, 5.74) is 2.82. The third kappa shape index (κ3) is 6.00. The third-order valence-corrected chi connectivity index (χ3v) is 7.83. The Bertz CT molecular complexity index is 1280. The molecule has 192 valence electrons. The van der Waals surface area contributed by atoms with Gasteiger partial charge in [0.05, 0.1) is 0 Å². The minimum atomic E-state index is -4.28. The fourth-order valence-electron chi connectivity index (χ4n) is 4.35. The first-order valence-electron chi connectivity index (χ1n) is 11.6. The van der Waals surface area contributed by atoms with Gasteiger partial charge in [-0.2, -0.15) is 0 Å². The van der Waals surface area contributed by atoms with Crippen LogP contribution in [0.3, 0.4) is 0 Å². The van der Waals surface area contributed by atoms with Gasteiger partial charge in [-0.3, -0.25) is 4.90 Å². The fourth-order valence-corrected chi connectivity index (χ4v) is 5.47. The molecule has 4 rings (SSSR count). The van der Waals surface area contributed by atoms with Gasteiger partial charge in [0.1, 0.15) is 22.3 Å². The Morgan fingerprint density at radius 2 is 1.47 bits per heavy atom. The van der Waals surface area contributed by atoms with Crippen molar-refractivity contribution < 1.29 is 21.6 Å². The van der Waals surface area contributed by atoms with E-state index in [9.17, 15) is 21.6 Å². The highest BCUT2D eigenvalue weighted by Gasteiger charge is 2.28. The van der Waals surface area contributed by atoms with Crippen LogP contribution in [0.1, 0.15) is 11.6 Å². The Kier molecular flexibility index (Phi) is 7.87. The molecule has 0 aliphatic carbocycles. The lowest BCUT2D eigenvalue weighted by Crippen LogP contribution is -2.50.